The number of amides is 1. The summed E-state index contributed by atoms with van der Waals surface area (Å²) in [4.78, 5) is 11.9. The van der Waals surface area contributed by atoms with Crippen LogP contribution in [0.1, 0.15) is 5.56 Å². The second-order valence-corrected chi connectivity index (χ2v) is 3.81. The van der Waals surface area contributed by atoms with E-state index in [0.717, 1.165) is 5.56 Å². The average Bonchev–Trinajstić information content (AvgIpc) is 2.41. The molecule has 2 rings (SSSR count). The van der Waals surface area contributed by atoms with Crippen molar-refractivity contribution >= 4 is 17.2 Å². The molecule has 0 bridgehead atoms. The van der Waals surface area contributed by atoms with E-state index in [4.69, 9.17) is 0 Å². The molecule has 0 heterocycles. The summed E-state index contributed by atoms with van der Waals surface area (Å²) in [6.07, 6.45) is 0. The van der Waals surface area contributed by atoms with Gasteiger partial charge in [0.05, 0.1) is 0 Å². The van der Waals surface area contributed by atoms with Crippen LogP contribution in [0.3, 0.4) is 0 Å². The van der Waals surface area contributed by atoms with Gasteiger partial charge in [-0.05, 0) is 29.8 Å². The van der Waals surface area contributed by atoms with Crippen LogP contribution in [-0.2, 0) is 4.79 Å². The minimum atomic E-state index is -0.338. The van der Waals surface area contributed by atoms with Gasteiger partial charge in [0, 0.05) is 11.3 Å². The number of halogens is 1. The van der Waals surface area contributed by atoms with Gasteiger partial charge in [0.2, 0.25) is 0 Å². The molecule has 0 saturated heterocycles. The molecule has 0 radical (unpaired) electrons. The summed E-state index contributed by atoms with van der Waals surface area (Å²) < 4.78 is 12.7. The summed E-state index contributed by atoms with van der Waals surface area (Å²) in [6, 6.07) is 14.8. The molecule has 2 aromatic carbocycles. The Morgan fingerprint density at radius 3 is 2.22 bits per heavy atom. The number of hydrogen-bond donors (Lipinski definition) is 1. The van der Waals surface area contributed by atoms with Crippen molar-refractivity contribution in [2.75, 3.05) is 5.32 Å². The highest BCUT2D eigenvalue weighted by molar-refractivity contribution is 6.24. The van der Waals surface area contributed by atoms with E-state index in [1.54, 1.807) is 0 Å². The highest BCUT2D eigenvalue weighted by Gasteiger charge is 2.09. The molecule has 0 saturated carbocycles. The van der Waals surface area contributed by atoms with Crippen molar-refractivity contribution in [3.8, 4) is 0 Å². The van der Waals surface area contributed by atoms with Gasteiger partial charge in [-0.15, -0.1) is 0 Å². The Morgan fingerprint density at radius 2 is 1.61 bits per heavy atom. The normalized spacial score (nSPS) is 9.83. The van der Waals surface area contributed by atoms with E-state index in [9.17, 15) is 9.18 Å². The number of carbonyl (C=O) groups excluding carboxylic acids is 1. The van der Waals surface area contributed by atoms with Gasteiger partial charge in [0.1, 0.15) is 5.82 Å². The van der Waals surface area contributed by atoms with Crippen LogP contribution in [0.25, 0.3) is 5.57 Å². The van der Waals surface area contributed by atoms with E-state index in [0.29, 0.717) is 11.3 Å². The molecule has 0 aromatic heterocycles. The maximum atomic E-state index is 12.7. The van der Waals surface area contributed by atoms with Crippen molar-refractivity contribution in [1.82, 2.24) is 0 Å². The molecule has 2 aromatic rings. The van der Waals surface area contributed by atoms with Crippen LogP contribution in [-0.4, -0.2) is 5.91 Å². The number of carbonyl (C=O) groups is 1. The van der Waals surface area contributed by atoms with Crippen LogP contribution >= 0.6 is 0 Å². The molecule has 0 unspecified atom stereocenters. The van der Waals surface area contributed by atoms with Gasteiger partial charge in [0.15, 0.2) is 0 Å². The van der Waals surface area contributed by atoms with Crippen LogP contribution in [0.2, 0.25) is 0 Å². The second kappa shape index (κ2) is 5.27. The fourth-order valence-corrected chi connectivity index (χ4v) is 1.51. The van der Waals surface area contributed by atoms with Gasteiger partial charge in [0.25, 0.3) is 5.91 Å². The van der Waals surface area contributed by atoms with Gasteiger partial charge in [-0.25, -0.2) is 4.39 Å². The summed E-state index contributed by atoms with van der Waals surface area (Å²) >= 11 is 0. The largest absolute Gasteiger partial charge is 0.322 e. The molecule has 2 nitrogen and oxygen atoms in total. The minimum Gasteiger partial charge on any atom is -0.322 e. The predicted molar refractivity (Wildman–Crippen MR) is 70.5 cm³/mol. The topological polar surface area (TPSA) is 29.1 Å². The Hall–Kier alpha value is -2.42. The summed E-state index contributed by atoms with van der Waals surface area (Å²) in [6.45, 7) is 3.75. The van der Waals surface area contributed by atoms with Gasteiger partial charge >= 0.3 is 0 Å². The summed E-state index contributed by atoms with van der Waals surface area (Å²) in [7, 11) is 0. The number of hydrogen-bond acceptors (Lipinski definition) is 1. The Morgan fingerprint density at radius 1 is 1.00 bits per heavy atom. The van der Waals surface area contributed by atoms with E-state index in [1.807, 2.05) is 30.3 Å². The van der Waals surface area contributed by atoms with Crippen molar-refractivity contribution in [3.05, 3.63) is 72.6 Å². The number of benzene rings is 2. The van der Waals surface area contributed by atoms with Crippen molar-refractivity contribution in [2.24, 2.45) is 0 Å². The average molecular weight is 241 g/mol. The minimum absolute atomic E-state index is 0.298. The van der Waals surface area contributed by atoms with Crippen LogP contribution in [0.15, 0.2) is 61.2 Å². The van der Waals surface area contributed by atoms with Gasteiger partial charge in [-0.2, -0.15) is 0 Å². The lowest BCUT2D eigenvalue weighted by molar-refractivity contribution is -0.111. The van der Waals surface area contributed by atoms with Crippen molar-refractivity contribution in [2.45, 2.75) is 0 Å². The maximum absolute atomic E-state index is 12.7. The summed E-state index contributed by atoms with van der Waals surface area (Å²) in [5, 5.41) is 2.66. The zero-order chi connectivity index (χ0) is 13.0. The van der Waals surface area contributed by atoms with Crippen LogP contribution in [0.4, 0.5) is 10.1 Å². The van der Waals surface area contributed by atoms with E-state index in [2.05, 4.69) is 11.9 Å². The zero-order valence-electron chi connectivity index (χ0n) is 9.69. The van der Waals surface area contributed by atoms with E-state index in [1.165, 1.54) is 24.3 Å². The monoisotopic (exact) mass is 241 g/mol. The van der Waals surface area contributed by atoms with Crippen molar-refractivity contribution < 1.29 is 9.18 Å². The Balaban J connectivity index is 2.09. The maximum Gasteiger partial charge on any atom is 0.255 e. The number of nitrogens with one attached hydrogen (secondary N) is 1. The third-order valence-electron chi connectivity index (χ3n) is 2.50. The molecule has 1 amide bonds. The molecule has 18 heavy (non-hydrogen) atoms. The molecule has 1 N–H and O–H groups in total. The van der Waals surface area contributed by atoms with Crippen LogP contribution in [0, 0.1) is 5.82 Å². The fraction of sp³-hybridized carbons (Fsp3) is 0. The number of anilines is 1. The van der Waals surface area contributed by atoms with E-state index >= 15 is 0 Å². The first-order chi connectivity index (χ1) is 8.66. The van der Waals surface area contributed by atoms with Gasteiger partial charge in [-0.3, -0.25) is 4.79 Å². The summed E-state index contributed by atoms with van der Waals surface area (Å²) in [5.41, 5.74) is 1.68. The molecule has 0 atom stereocenters. The first-order valence-electron chi connectivity index (χ1n) is 5.48. The highest BCUT2D eigenvalue weighted by atomic mass is 19.1. The van der Waals surface area contributed by atoms with Crippen LogP contribution < -0.4 is 5.32 Å². The molecular formula is C15H12FNO. The Bertz CT molecular complexity index is 561. The van der Waals surface area contributed by atoms with Crippen molar-refractivity contribution in [1.29, 1.82) is 0 Å². The smallest absolute Gasteiger partial charge is 0.255 e. The first-order valence-corrected chi connectivity index (χ1v) is 5.48. The fourth-order valence-electron chi connectivity index (χ4n) is 1.51. The van der Waals surface area contributed by atoms with Crippen LogP contribution in [0.5, 0.6) is 0 Å². The summed E-state index contributed by atoms with van der Waals surface area (Å²) in [5.74, 6) is -0.636. The highest BCUT2D eigenvalue weighted by Crippen LogP contribution is 2.15. The predicted octanol–water partition coefficient (Wildman–Crippen LogP) is 3.48. The molecule has 0 aliphatic rings. The molecule has 0 spiro atoms. The zero-order valence-corrected chi connectivity index (χ0v) is 9.69. The molecule has 0 aliphatic heterocycles. The molecule has 0 aliphatic carbocycles. The first kappa shape index (κ1) is 12.0. The third-order valence-corrected chi connectivity index (χ3v) is 2.50. The Labute approximate surface area is 105 Å². The lowest BCUT2D eigenvalue weighted by Gasteiger charge is -2.07. The molecule has 3 heteroatoms. The molecular weight excluding hydrogens is 229 g/mol. The molecule has 90 valence electrons. The van der Waals surface area contributed by atoms with Gasteiger partial charge in [-0.1, -0.05) is 36.9 Å². The van der Waals surface area contributed by atoms with E-state index < -0.39 is 0 Å². The number of rotatable bonds is 3. The van der Waals surface area contributed by atoms with E-state index in [-0.39, 0.29) is 11.7 Å². The van der Waals surface area contributed by atoms with Gasteiger partial charge < -0.3 is 5.32 Å². The quantitative estimate of drug-likeness (QED) is 0.819. The molecule has 0 fully saturated rings. The third kappa shape index (κ3) is 2.83. The van der Waals surface area contributed by atoms with Crippen molar-refractivity contribution in [3.63, 3.8) is 0 Å². The standard InChI is InChI=1S/C15H12FNO/c1-11(12-5-3-2-4-6-12)15(18)17-14-9-7-13(16)8-10-14/h2-10H,1H2,(H,17,18). The Kier molecular flexibility index (Phi) is 3.53. The second-order valence-electron chi connectivity index (χ2n) is 3.81. The lowest BCUT2D eigenvalue weighted by atomic mass is 10.1. The SMILES string of the molecule is C=C(C(=O)Nc1ccc(F)cc1)c1ccccc1. The lowest BCUT2D eigenvalue weighted by Crippen LogP contribution is -2.12.